The molecule has 150 valence electrons. The summed E-state index contributed by atoms with van der Waals surface area (Å²) in [5.74, 6) is -0.0808. The predicted octanol–water partition coefficient (Wildman–Crippen LogP) is 3.94. The van der Waals surface area contributed by atoms with Crippen molar-refractivity contribution in [3.63, 3.8) is 0 Å². The Balaban J connectivity index is 2.11. The van der Waals surface area contributed by atoms with Gasteiger partial charge in [-0.05, 0) is 38.1 Å². The summed E-state index contributed by atoms with van der Waals surface area (Å²) < 4.78 is 21.1. The number of methoxy groups -OCH3 is 2. The van der Waals surface area contributed by atoms with Gasteiger partial charge in [-0.3, -0.25) is 4.79 Å². The minimum atomic E-state index is -1.05. The summed E-state index contributed by atoms with van der Waals surface area (Å²) in [5, 5.41) is 2.87. The molecule has 0 radical (unpaired) electrons. The van der Waals surface area contributed by atoms with Crippen LogP contribution < -0.4 is 19.5 Å². The van der Waals surface area contributed by atoms with Crippen LogP contribution in [0.4, 0.5) is 5.69 Å². The van der Waals surface area contributed by atoms with Crippen molar-refractivity contribution in [1.82, 2.24) is 0 Å². The second-order valence-electron chi connectivity index (χ2n) is 5.66. The number of amides is 1. The fraction of sp³-hybridized carbons (Fsp3) is 0.300. The largest absolute Gasteiger partial charge is 0.495 e. The summed E-state index contributed by atoms with van der Waals surface area (Å²) in [7, 11) is 2.93. The van der Waals surface area contributed by atoms with E-state index >= 15 is 0 Å². The minimum absolute atomic E-state index is 0.141. The number of ether oxygens (including phenoxy) is 4. The van der Waals surface area contributed by atoms with Gasteiger partial charge in [0, 0.05) is 0 Å². The number of rotatable bonds is 8. The Hall–Kier alpha value is -2.93. The molecular formula is C20H22ClNO6. The average molecular weight is 408 g/mol. The van der Waals surface area contributed by atoms with Gasteiger partial charge in [-0.1, -0.05) is 23.7 Å². The Labute approximate surface area is 168 Å². The quantitative estimate of drug-likeness (QED) is 0.667. The van der Waals surface area contributed by atoms with Gasteiger partial charge in [-0.2, -0.15) is 0 Å². The van der Waals surface area contributed by atoms with Crippen LogP contribution in [0.2, 0.25) is 5.02 Å². The molecule has 0 saturated carbocycles. The highest BCUT2D eigenvalue weighted by Crippen LogP contribution is 2.36. The Bertz CT molecular complexity index is 855. The topological polar surface area (TPSA) is 83.1 Å². The predicted molar refractivity (Wildman–Crippen MR) is 106 cm³/mol. The van der Waals surface area contributed by atoms with E-state index in [0.717, 1.165) is 0 Å². The maximum absolute atomic E-state index is 12.4. The lowest BCUT2D eigenvalue weighted by Crippen LogP contribution is -2.30. The zero-order valence-corrected chi connectivity index (χ0v) is 16.8. The number of carbonyl (C=O) groups excluding carboxylic acids is 2. The van der Waals surface area contributed by atoms with E-state index < -0.39 is 18.0 Å². The van der Waals surface area contributed by atoms with Crippen LogP contribution in [-0.2, 0) is 9.53 Å². The monoisotopic (exact) mass is 407 g/mol. The van der Waals surface area contributed by atoms with E-state index in [-0.39, 0.29) is 10.6 Å². The maximum atomic E-state index is 12.4. The van der Waals surface area contributed by atoms with Gasteiger partial charge in [0.2, 0.25) is 0 Å². The molecule has 0 spiro atoms. The number of hydrogen-bond donors (Lipinski definition) is 1. The normalized spacial score (nSPS) is 11.3. The summed E-state index contributed by atoms with van der Waals surface area (Å²) in [6.45, 7) is 3.66. The van der Waals surface area contributed by atoms with E-state index in [2.05, 4.69) is 5.32 Å². The molecule has 7 nitrogen and oxygen atoms in total. The highest BCUT2D eigenvalue weighted by molar-refractivity contribution is 6.32. The second-order valence-corrected chi connectivity index (χ2v) is 6.07. The molecule has 0 aliphatic carbocycles. The van der Waals surface area contributed by atoms with Crippen LogP contribution in [0.25, 0.3) is 0 Å². The summed E-state index contributed by atoms with van der Waals surface area (Å²) in [5.41, 5.74) is 0.617. The van der Waals surface area contributed by atoms with Crippen molar-refractivity contribution in [2.24, 2.45) is 0 Å². The Morgan fingerprint density at radius 3 is 2.43 bits per heavy atom. The Kier molecular flexibility index (Phi) is 7.52. The fourth-order valence-corrected chi connectivity index (χ4v) is 2.65. The smallest absolute Gasteiger partial charge is 0.339 e. The van der Waals surface area contributed by atoms with Crippen LogP contribution in [0.3, 0.4) is 0 Å². The molecule has 0 unspecified atom stereocenters. The van der Waals surface area contributed by atoms with Crippen molar-refractivity contribution in [3.05, 3.63) is 47.0 Å². The van der Waals surface area contributed by atoms with Crippen molar-refractivity contribution in [3.8, 4) is 17.2 Å². The third kappa shape index (κ3) is 5.07. The molecule has 0 bridgehead atoms. The summed E-state index contributed by atoms with van der Waals surface area (Å²) in [6.07, 6.45) is -1.05. The van der Waals surface area contributed by atoms with E-state index in [0.29, 0.717) is 29.5 Å². The van der Waals surface area contributed by atoms with Crippen LogP contribution in [0.15, 0.2) is 36.4 Å². The highest BCUT2D eigenvalue weighted by atomic mass is 35.5. The van der Waals surface area contributed by atoms with Crippen molar-refractivity contribution >= 4 is 29.2 Å². The zero-order chi connectivity index (χ0) is 20.7. The molecule has 1 atom stereocenters. The van der Waals surface area contributed by atoms with Gasteiger partial charge < -0.3 is 24.3 Å². The Morgan fingerprint density at radius 2 is 1.79 bits per heavy atom. The molecule has 28 heavy (non-hydrogen) atoms. The van der Waals surface area contributed by atoms with Gasteiger partial charge in [-0.15, -0.1) is 0 Å². The lowest BCUT2D eigenvalue weighted by atomic mass is 10.2. The standard InChI is InChI=1S/C20H22ClNO6/c1-5-27-18-14(21)10-13(11-17(18)26-4)20(24)28-12(2)19(23)22-15-8-6-7-9-16(15)25-3/h6-12H,5H2,1-4H3,(H,22,23)/t12-/m1/s1. The molecule has 1 N–H and O–H groups in total. The zero-order valence-electron chi connectivity index (χ0n) is 16.1. The summed E-state index contributed by atoms with van der Waals surface area (Å²) in [4.78, 5) is 24.8. The molecule has 0 aliphatic rings. The van der Waals surface area contributed by atoms with Crippen molar-refractivity contribution < 1.29 is 28.5 Å². The number of nitrogens with one attached hydrogen (secondary N) is 1. The first-order valence-corrected chi connectivity index (χ1v) is 8.94. The average Bonchev–Trinajstić information content (AvgIpc) is 2.69. The third-order valence-electron chi connectivity index (χ3n) is 3.77. The van der Waals surface area contributed by atoms with Gasteiger partial charge in [0.15, 0.2) is 17.6 Å². The summed E-state index contributed by atoms with van der Waals surface area (Å²) in [6, 6.07) is 9.78. The van der Waals surface area contributed by atoms with Crippen LogP contribution >= 0.6 is 11.6 Å². The van der Waals surface area contributed by atoms with Crippen LogP contribution in [0.5, 0.6) is 17.2 Å². The van der Waals surface area contributed by atoms with Crippen LogP contribution in [0.1, 0.15) is 24.2 Å². The molecule has 1 amide bonds. The molecule has 2 aromatic carbocycles. The van der Waals surface area contributed by atoms with Gasteiger partial charge in [0.1, 0.15) is 5.75 Å². The maximum Gasteiger partial charge on any atom is 0.339 e. The number of esters is 1. The van der Waals surface area contributed by atoms with E-state index in [9.17, 15) is 9.59 Å². The molecule has 0 aromatic heterocycles. The molecule has 2 aromatic rings. The SMILES string of the molecule is CCOc1c(Cl)cc(C(=O)O[C@H](C)C(=O)Nc2ccccc2OC)cc1OC. The van der Waals surface area contributed by atoms with Gasteiger partial charge >= 0.3 is 5.97 Å². The number of benzene rings is 2. The van der Waals surface area contributed by atoms with Gasteiger partial charge in [-0.25, -0.2) is 4.79 Å². The molecule has 2 rings (SSSR count). The van der Waals surface area contributed by atoms with E-state index in [1.807, 2.05) is 0 Å². The Morgan fingerprint density at radius 1 is 1.11 bits per heavy atom. The molecule has 0 saturated heterocycles. The fourth-order valence-electron chi connectivity index (χ4n) is 2.39. The molecule has 0 fully saturated rings. The van der Waals surface area contributed by atoms with Crippen molar-refractivity contribution in [2.45, 2.75) is 20.0 Å². The van der Waals surface area contributed by atoms with E-state index in [1.54, 1.807) is 31.2 Å². The van der Waals surface area contributed by atoms with E-state index in [4.69, 9.17) is 30.5 Å². The second kappa shape index (κ2) is 9.85. The number of para-hydroxylation sites is 2. The van der Waals surface area contributed by atoms with Crippen LogP contribution in [0, 0.1) is 0 Å². The van der Waals surface area contributed by atoms with Crippen molar-refractivity contribution in [2.75, 3.05) is 26.1 Å². The van der Waals surface area contributed by atoms with Gasteiger partial charge in [0.05, 0.1) is 37.1 Å². The summed E-state index contributed by atoms with van der Waals surface area (Å²) >= 11 is 6.17. The van der Waals surface area contributed by atoms with Crippen LogP contribution in [-0.4, -0.2) is 38.8 Å². The molecule has 0 heterocycles. The number of hydrogen-bond acceptors (Lipinski definition) is 6. The molecule has 8 heteroatoms. The minimum Gasteiger partial charge on any atom is -0.495 e. The lowest BCUT2D eigenvalue weighted by Gasteiger charge is -2.16. The molecule has 0 aliphatic heterocycles. The highest BCUT2D eigenvalue weighted by Gasteiger charge is 2.22. The third-order valence-corrected chi connectivity index (χ3v) is 4.05. The first kappa shape index (κ1) is 21.4. The van der Waals surface area contributed by atoms with Crippen molar-refractivity contribution in [1.29, 1.82) is 0 Å². The number of halogens is 1. The first-order chi connectivity index (χ1) is 13.4. The number of carbonyl (C=O) groups is 2. The first-order valence-electron chi connectivity index (χ1n) is 8.56. The molecular weight excluding hydrogens is 386 g/mol. The van der Waals surface area contributed by atoms with E-state index in [1.165, 1.54) is 33.3 Å². The van der Waals surface area contributed by atoms with Gasteiger partial charge in [0.25, 0.3) is 5.91 Å². The lowest BCUT2D eigenvalue weighted by molar-refractivity contribution is -0.123. The number of anilines is 1.